The molecule has 0 fully saturated rings. The molecule has 164 valence electrons. The van der Waals surface area contributed by atoms with E-state index >= 15 is 0 Å². The van der Waals surface area contributed by atoms with Gasteiger partial charge in [0, 0.05) is 11.8 Å². The van der Waals surface area contributed by atoms with Crippen LogP contribution in [0.25, 0.3) is 11.1 Å². The van der Waals surface area contributed by atoms with Gasteiger partial charge >= 0.3 is 6.18 Å². The maximum atomic E-state index is 13.7. The van der Waals surface area contributed by atoms with Crippen LogP contribution >= 0.6 is 0 Å². The number of amides is 1. The molecular formula is C22H16F4N4O2. The third-order valence-electron chi connectivity index (χ3n) is 4.85. The van der Waals surface area contributed by atoms with Gasteiger partial charge in [-0.1, -0.05) is 24.3 Å². The van der Waals surface area contributed by atoms with Crippen molar-refractivity contribution in [2.75, 3.05) is 12.4 Å². The van der Waals surface area contributed by atoms with E-state index < -0.39 is 29.5 Å². The van der Waals surface area contributed by atoms with Gasteiger partial charge in [0.15, 0.2) is 0 Å². The zero-order valence-corrected chi connectivity index (χ0v) is 16.7. The number of pyridine rings is 2. The summed E-state index contributed by atoms with van der Waals surface area (Å²) in [7, 11) is 1.09. The first kappa shape index (κ1) is 21.4. The molecule has 0 radical (unpaired) electrons. The Hall–Kier alpha value is -3.82. The van der Waals surface area contributed by atoms with E-state index in [0.717, 1.165) is 24.9 Å². The summed E-state index contributed by atoms with van der Waals surface area (Å²) >= 11 is 0. The Morgan fingerprint density at radius 1 is 1.09 bits per heavy atom. The van der Waals surface area contributed by atoms with E-state index in [2.05, 4.69) is 25.0 Å². The van der Waals surface area contributed by atoms with E-state index in [-0.39, 0.29) is 18.7 Å². The van der Waals surface area contributed by atoms with Gasteiger partial charge in [0.1, 0.15) is 5.56 Å². The predicted octanol–water partition coefficient (Wildman–Crippen LogP) is 4.58. The van der Waals surface area contributed by atoms with Crippen LogP contribution in [0.15, 0.2) is 53.8 Å². The van der Waals surface area contributed by atoms with Crippen molar-refractivity contribution in [1.29, 1.82) is 0 Å². The summed E-state index contributed by atoms with van der Waals surface area (Å²) in [6.07, 6.45) is -2.00. The molecule has 6 nitrogen and oxygen atoms in total. The number of aliphatic imine (C=N–C) groups is 1. The molecule has 1 amide bonds. The standard InChI is InChI=1S/C22H16F4N4O2/c1-32-21-17(22(24,25)26)8-15(10-29-21)30-19(31)6-12-2-4-13(5-3-12)14-7-16-18(27-9-14)11-28-20(16)23/h2-5,7-10H,6,11H2,1H3,(H,30,31). The van der Waals surface area contributed by atoms with E-state index in [4.69, 9.17) is 0 Å². The molecule has 1 aliphatic heterocycles. The zero-order chi connectivity index (χ0) is 22.9. The van der Waals surface area contributed by atoms with Crippen molar-refractivity contribution in [3.05, 3.63) is 71.2 Å². The lowest BCUT2D eigenvalue weighted by Crippen LogP contribution is -2.16. The lowest BCUT2D eigenvalue weighted by molar-refractivity contribution is -0.139. The predicted molar refractivity (Wildman–Crippen MR) is 109 cm³/mol. The molecule has 0 atom stereocenters. The molecule has 10 heteroatoms. The Morgan fingerprint density at radius 2 is 1.84 bits per heavy atom. The van der Waals surface area contributed by atoms with E-state index in [1.807, 2.05) is 0 Å². The SMILES string of the molecule is COc1ncc(NC(=O)Cc2ccc(-c3cnc4c(c3)C(F)=NC4)cc2)cc1C(F)(F)F. The second-order valence-electron chi connectivity index (χ2n) is 7.03. The fourth-order valence-corrected chi connectivity index (χ4v) is 3.28. The van der Waals surface area contributed by atoms with Crippen LogP contribution in [-0.2, 0) is 23.9 Å². The Balaban J connectivity index is 1.45. The molecule has 2 aromatic heterocycles. The van der Waals surface area contributed by atoms with Gasteiger partial charge in [-0.05, 0) is 23.3 Å². The van der Waals surface area contributed by atoms with Gasteiger partial charge in [-0.15, -0.1) is 0 Å². The third-order valence-corrected chi connectivity index (χ3v) is 4.85. The maximum Gasteiger partial charge on any atom is 0.421 e. The van der Waals surface area contributed by atoms with Gasteiger partial charge < -0.3 is 10.1 Å². The number of ether oxygens (including phenoxy) is 1. The quantitative estimate of drug-likeness (QED) is 0.585. The van der Waals surface area contributed by atoms with Crippen molar-refractivity contribution < 1.29 is 27.1 Å². The number of nitrogens with zero attached hydrogens (tertiary/aromatic N) is 3. The Morgan fingerprint density at radius 3 is 2.53 bits per heavy atom. The molecule has 0 bridgehead atoms. The number of aromatic nitrogens is 2. The third kappa shape index (κ3) is 4.43. The number of halogens is 4. The number of methoxy groups -OCH3 is 1. The summed E-state index contributed by atoms with van der Waals surface area (Å²) in [6.45, 7) is 0.226. The molecule has 1 aromatic carbocycles. The zero-order valence-electron chi connectivity index (χ0n) is 16.7. The smallest absolute Gasteiger partial charge is 0.421 e. The molecule has 0 spiro atoms. The van der Waals surface area contributed by atoms with Gasteiger partial charge in [0.25, 0.3) is 0 Å². The maximum absolute atomic E-state index is 13.7. The summed E-state index contributed by atoms with van der Waals surface area (Å²) in [5, 5.41) is 2.41. The fourth-order valence-electron chi connectivity index (χ4n) is 3.28. The summed E-state index contributed by atoms with van der Waals surface area (Å²) in [4.78, 5) is 23.8. The molecular weight excluding hydrogens is 428 g/mol. The number of fused-ring (bicyclic) bond motifs is 1. The van der Waals surface area contributed by atoms with Gasteiger partial charge in [-0.3, -0.25) is 14.8 Å². The molecule has 0 saturated carbocycles. The van der Waals surface area contributed by atoms with Crippen LogP contribution in [-0.4, -0.2) is 29.0 Å². The van der Waals surface area contributed by atoms with Crippen molar-refractivity contribution in [3.8, 4) is 17.0 Å². The molecule has 0 aliphatic carbocycles. The van der Waals surface area contributed by atoms with Gasteiger partial charge in [0.05, 0.1) is 43.2 Å². The number of alkyl halides is 3. The van der Waals surface area contributed by atoms with E-state index in [0.29, 0.717) is 22.4 Å². The number of benzene rings is 1. The number of carbonyl (C=O) groups is 1. The minimum absolute atomic E-state index is 0.0582. The number of carbonyl (C=O) groups excluding carboxylic acids is 1. The topological polar surface area (TPSA) is 76.5 Å². The lowest BCUT2D eigenvalue weighted by atomic mass is 10.0. The second-order valence-corrected chi connectivity index (χ2v) is 7.03. The molecule has 32 heavy (non-hydrogen) atoms. The highest BCUT2D eigenvalue weighted by atomic mass is 19.4. The van der Waals surface area contributed by atoms with Crippen molar-refractivity contribution >= 4 is 17.6 Å². The molecule has 4 rings (SSSR count). The molecule has 3 aromatic rings. The van der Waals surface area contributed by atoms with E-state index in [1.54, 1.807) is 36.5 Å². The van der Waals surface area contributed by atoms with Crippen LogP contribution < -0.4 is 10.1 Å². The number of hydrogen-bond donors (Lipinski definition) is 1. The van der Waals surface area contributed by atoms with Crippen LogP contribution in [0.2, 0.25) is 0 Å². The molecule has 3 heterocycles. The van der Waals surface area contributed by atoms with Crippen molar-refractivity contribution in [2.24, 2.45) is 4.99 Å². The number of nitrogens with one attached hydrogen (secondary N) is 1. The van der Waals surface area contributed by atoms with Gasteiger partial charge in [0.2, 0.25) is 17.8 Å². The summed E-state index contributed by atoms with van der Waals surface area (Å²) in [5.41, 5.74) is 1.91. The average molecular weight is 444 g/mol. The first-order chi connectivity index (χ1) is 15.2. The molecule has 1 aliphatic rings. The highest BCUT2D eigenvalue weighted by Gasteiger charge is 2.35. The monoisotopic (exact) mass is 444 g/mol. The van der Waals surface area contributed by atoms with Crippen molar-refractivity contribution in [3.63, 3.8) is 0 Å². The van der Waals surface area contributed by atoms with E-state index in [9.17, 15) is 22.4 Å². The minimum atomic E-state index is -4.67. The number of hydrogen-bond acceptors (Lipinski definition) is 5. The van der Waals surface area contributed by atoms with Crippen LogP contribution in [0.4, 0.5) is 23.2 Å². The summed E-state index contributed by atoms with van der Waals surface area (Å²) < 4.78 is 57.7. The molecule has 0 unspecified atom stereocenters. The van der Waals surface area contributed by atoms with Crippen molar-refractivity contribution in [1.82, 2.24) is 9.97 Å². The van der Waals surface area contributed by atoms with Crippen molar-refractivity contribution in [2.45, 2.75) is 19.1 Å². The normalized spacial score (nSPS) is 12.8. The highest BCUT2D eigenvalue weighted by molar-refractivity contribution is 5.97. The van der Waals surface area contributed by atoms with Crippen LogP contribution in [0, 0.1) is 0 Å². The number of anilines is 1. The molecule has 0 saturated heterocycles. The lowest BCUT2D eigenvalue weighted by Gasteiger charge is -2.13. The van der Waals surface area contributed by atoms with E-state index in [1.165, 1.54) is 0 Å². The summed E-state index contributed by atoms with van der Waals surface area (Å²) in [6, 6.07) is 9.38. The first-order valence-corrected chi connectivity index (χ1v) is 9.44. The average Bonchev–Trinajstić information content (AvgIpc) is 3.14. The van der Waals surface area contributed by atoms with Crippen LogP contribution in [0.5, 0.6) is 5.88 Å². The largest absolute Gasteiger partial charge is 0.481 e. The first-order valence-electron chi connectivity index (χ1n) is 9.44. The minimum Gasteiger partial charge on any atom is -0.481 e. The Bertz CT molecular complexity index is 1210. The second kappa shape index (κ2) is 8.37. The van der Waals surface area contributed by atoms with Crippen LogP contribution in [0.1, 0.15) is 22.4 Å². The highest BCUT2D eigenvalue weighted by Crippen LogP contribution is 2.36. The Labute approximate surface area is 180 Å². The Kier molecular flexibility index (Phi) is 5.60. The number of rotatable bonds is 5. The molecule has 1 N–H and O–H groups in total. The van der Waals surface area contributed by atoms with Gasteiger partial charge in [-0.2, -0.15) is 17.6 Å². The van der Waals surface area contributed by atoms with Gasteiger partial charge in [-0.25, -0.2) is 4.98 Å². The summed E-state index contributed by atoms with van der Waals surface area (Å²) in [5.74, 6) is -1.61. The van der Waals surface area contributed by atoms with Crippen LogP contribution in [0.3, 0.4) is 0 Å². The fraction of sp³-hybridized carbons (Fsp3) is 0.182.